The van der Waals surface area contributed by atoms with Gasteiger partial charge in [-0.15, -0.1) is 6.58 Å². The molecular weight excluding hydrogens is 384 g/mol. The Morgan fingerprint density at radius 2 is 1.77 bits per heavy atom. The first-order valence-electron chi connectivity index (χ1n) is 9.57. The summed E-state index contributed by atoms with van der Waals surface area (Å²) in [6.07, 6.45) is 1.29. The van der Waals surface area contributed by atoms with Crippen molar-refractivity contribution in [3.05, 3.63) is 77.4 Å². The van der Waals surface area contributed by atoms with Gasteiger partial charge in [0.05, 0.1) is 16.7 Å². The van der Waals surface area contributed by atoms with Gasteiger partial charge in [-0.25, -0.2) is 4.79 Å². The molecule has 2 aromatic carbocycles. The van der Waals surface area contributed by atoms with E-state index in [0.29, 0.717) is 5.69 Å². The van der Waals surface area contributed by atoms with Crippen LogP contribution in [-0.2, 0) is 16.0 Å². The molecule has 0 radical (unpaired) electrons. The number of ether oxygens (including phenoxy) is 1. The molecule has 0 aliphatic carbocycles. The number of nitrogens with one attached hydrogen (secondary N) is 1. The van der Waals surface area contributed by atoms with Gasteiger partial charge < -0.3 is 10.1 Å². The molecule has 0 unspecified atom stereocenters. The lowest BCUT2D eigenvalue weighted by molar-refractivity contribution is -0.123. The third-order valence-electron chi connectivity index (χ3n) is 4.80. The molecule has 154 valence electrons. The lowest BCUT2D eigenvalue weighted by Gasteiger charge is -2.14. The number of aryl methyl sites for hydroxylation is 1. The molecule has 0 bridgehead atoms. The van der Waals surface area contributed by atoms with Gasteiger partial charge in [-0.1, -0.05) is 25.1 Å². The summed E-state index contributed by atoms with van der Waals surface area (Å²) in [5.41, 5.74) is 2.18. The van der Waals surface area contributed by atoms with Crippen molar-refractivity contribution in [1.29, 1.82) is 0 Å². The first-order valence-corrected chi connectivity index (χ1v) is 9.57. The maximum atomic E-state index is 12.5. The molecule has 7 heteroatoms. The van der Waals surface area contributed by atoms with E-state index in [4.69, 9.17) is 4.74 Å². The highest BCUT2D eigenvalue weighted by Gasteiger charge is 2.35. The average molecular weight is 406 g/mol. The van der Waals surface area contributed by atoms with E-state index < -0.39 is 29.8 Å². The van der Waals surface area contributed by atoms with Crippen LogP contribution in [0.4, 0.5) is 5.69 Å². The second kappa shape index (κ2) is 8.73. The smallest absolute Gasteiger partial charge is 0.338 e. The van der Waals surface area contributed by atoms with Crippen LogP contribution < -0.4 is 5.32 Å². The van der Waals surface area contributed by atoms with Gasteiger partial charge in [0.25, 0.3) is 17.7 Å². The van der Waals surface area contributed by atoms with Gasteiger partial charge in [-0.2, -0.15) is 0 Å². The van der Waals surface area contributed by atoms with Gasteiger partial charge in [0, 0.05) is 12.2 Å². The molecule has 7 nitrogen and oxygen atoms in total. The molecule has 3 amide bonds. The van der Waals surface area contributed by atoms with E-state index >= 15 is 0 Å². The Morgan fingerprint density at radius 3 is 2.40 bits per heavy atom. The number of nitrogens with zero attached hydrogens (tertiary/aromatic N) is 1. The summed E-state index contributed by atoms with van der Waals surface area (Å²) < 4.78 is 5.23. The van der Waals surface area contributed by atoms with Gasteiger partial charge in [-0.05, 0) is 49.2 Å². The molecule has 1 atom stereocenters. The van der Waals surface area contributed by atoms with Crippen molar-refractivity contribution in [1.82, 2.24) is 4.90 Å². The number of hydrogen-bond donors (Lipinski definition) is 1. The van der Waals surface area contributed by atoms with Crippen LogP contribution in [0.3, 0.4) is 0 Å². The van der Waals surface area contributed by atoms with E-state index in [0.717, 1.165) is 16.9 Å². The zero-order valence-corrected chi connectivity index (χ0v) is 16.8. The van der Waals surface area contributed by atoms with Gasteiger partial charge in [0.15, 0.2) is 6.10 Å². The van der Waals surface area contributed by atoms with E-state index in [1.807, 2.05) is 19.1 Å². The fourth-order valence-electron chi connectivity index (χ4n) is 3.06. The van der Waals surface area contributed by atoms with Crippen molar-refractivity contribution in [2.24, 2.45) is 0 Å². The number of anilines is 1. The molecule has 0 fully saturated rings. The summed E-state index contributed by atoms with van der Waals surface area (Å²) in [6.45, 7) is 7.11. The van der Waals surface area contributed by atoms with Crippen molar-refractivity contribution in [2.75, 3.05) is 11.9 Å². The Balaban J connectivity index is 1.67. The van der Waals surface area contributed by atoms with E-state index in [1.165, 1.54) is 31.2 Å². The molecule has 0 aromatic heterocycles. The van der Waals surface area contributed by atoms with Crippen LogP contribution >= 0.6 is 0 Å². The monoisotopic (exact) mass is 406 g/mol. The quantitative estimate of drug-likeness (QED) is 0.433. The molecule has 1 aliphatic heterocycles. The summed E-state index contributed by atoms with van der Waals surface area (Å²) in [5.74, 6) is -2.16. The molecule has 2 aromatic rings. The minimum atomic E-state index is -1.05. The summed E-state index contributed by atoms with van der Waals surface area (Å²) in [4.78, 5) is 50.5. The van der Waals surface area contributed by atoms with Gasteiger partial charge >= 0.3 is 5.97 Å². The van der Waals surface area contributed by atoms with Crippen LogP contribution in [0, 0.1) is 0 Å². The molecule has 30 heavy (non-hydrogen) atoms. The van der Waals surface area contributed by atoms with E-state index in [9.17, 15) is 19.2 Å². The lowest BCUT2D eigenvalue weighted by Crippen LogP contribution is -2.30. The fourth-order valence-corrected chi connectivity index (χ4v) is 3.06. The van der Waals surface area contributed by atoms with E-state index in [1.54, 1.807) is 12.1 Å². The van der Waals surface area contributed by atoms with Crippen molar-refractivity contribution >= 4 is 29.4 Å². The van der Waals surface area contributed by atoms with Crippen LogP contribution in [0.5, 0.6) is 0 Å². The minimum Gasteiger partial charge on any atom is -0.449 e. The summed E-state index contributed by atoms with van der Waals surface area (Å²) in [7, 11) is 0. The third kappa shape index (κ3) is 4.15. The topological polar surface area (TPSA) is 92.8 Å². The first-order chi connectivity index (χ1) is 14.3. The molecule has 0 spiro atoms. The van der Waals surface area contributed by atoms with Crippen molar-refractivity contribution in [3.8, 4) is 0 Å². The maximum absolute atomic E-state index is 12.5. The van der Waals surface area contributed by atoms with Crippen LogP contribution in [0.1, 0.15) is 50.5 Å². The standard InChI is InChI=1S/C23H22N2O5/c1-4-12-25-21(27)18-11-8-16(13-19(18)22(25)28)23(29)30-14(3)20(26)24-17-9-6-15(5-2)7-10-17/h4,6-11,13-14H,1,5,12H2,2-3H3,(H,24,26)/t14-/m0/s1. The number of benzene rings is 2. The Kier molecular flexibility index (Phi) is 6.11. The van der Waals surface area contributed by atoms with Crippen LogP contribution in [-0.4, -0.2) is 41.2 Å². The number of amides is 3. The van der Waals surface area contributed by atoms with Crippen molar-refractivity contribution in [2.45, 2.75) is 26.4 Å². The largest absolute Gasteiger partial charge is 0.449 e. The highest BCUT2D eigenvalue weighted by Crippen LogP contribution is 2.24. The molecule has 0 saturated heterocycles. The molecule has 1 N–H and O–H groups in total. The first kappa shape index (κ1) is 21.0. The maximum Gasteiger partial charge on any atom is 0.338 e. The normalized spacial score (nSPS) is 13.6. The number of carbonyl (C=O) groups excluding carboxylic acids is 4. The second-order valence-corrected chi connectivity index (χ2v) is 6.86. The SMILES string of the molecule is C=CCN1C(=O)c2ccc(C(=O)O[C@@H](C)C(=O)Nc3ccc(CC)cc3)cc2C1=O. The predicted octanol–water partition coefficient (Wildman–Crippen LogP) is 3.22. The number of rotatable bonds is 7. The summed E-state index contributed by atoms with van der Waals surface area (Å²) in [5, 5.41) is 2.69. The zero-order valence-electron chi connectivity index (χ0n) is 16.8. The van der Waals surface area contributed by atoms with Crippen molar-refractivity contribution in [3.63, 3.8) is 0 Å². The van der Waals surface area contributed by atoms with Crippen molar-refractivity contribution < 1.29 is 23.9 Å². The lowest BCUT2D eigenvalue weighted by atomic mass is 10.1. The third-order valence-corrected chi connectivity index (χ3v) is 4.80. The number of esters is 1. The highest BCUT2D eigenvalue weighted by molar-refractivity contribution is 6.22. The van der Waals surface area contributed by atoms with Gasteiger partial charge in [0.2, 0.25) is 0 Å². The number of fused-ring (bicyclic) bond motifs is 1. The molecule has 1 heterocycles. The zero-order chi connectivity index (χ0) is 21.8. The number of carbonyl (C=O) groups is 4. The number of hydrogen-bond acceptors (Lipinski definition) is 5. The van der Waals surface area contributed by atoms with E-state index in [2.05, 4.69) is 11.9 Å². The van der Waals surface area contributed by atoms with Crippen LogP contribution in [0.15, 0.2) is 55.1 Å². The Labute approximate surface area is 174 Å². The van der Waals surface area contributed by atoms with Gasteiger partial charge in [0.1, 0.15) is 0 Å². The summed E-state index contributed by atoms with van der Waals surface area (Å²) >= 11 is 0. The Bertz CT molecular complexity index is 1030. The Hall–Kier alpha value is -3.74. The van der Waals surface area contributed by atoms with E-state index in [-0.39, 0.29) is 23.2 Å². The second-order valence-electron chi connectivity index (χ2n) is 6.86. The molecule has 3 rings (SSSR count). The van der Waals surface area contributed by atoms with Crippen LogP contribution in [0.2, 0.25) is 0 Å². The van der Waals surface area contributed by atoms with Crippen LogP contribution in [0.25, 0.3) is 0 Å². The average Bonchev–Trinajstić information content (AvgIpc) is 2.98. The summed E-state index contributed by atoms with van der Waals surface area (Å²) in [6, 6.07) is 11.5. The minimum absolute atomic E-state index is 0.0855. The molecule has 1 aliphatic rings. The Morgan fingerprint density at radius 1 is 1.10 bits per heavy atom. The number of imide groups is 1. The predicted molar refractivity (Wildman–Crippen MR) is 111 cm³/mol. The molecular formula is C23H22N2O5. The van der Waals surface area contributed by atoms with Gasteiger partial charge in [-0.3, -0.25) is 19.3 Å². The highest BCUT2D eigenvalue weighted by atomic mass is 16.5. The molecule has 0 saturated carbocycles. The fraction of sp³-hybridized carbons (Fsp3) is 0.217.